The minimum absolute atomic E-state index is 0.0388. The molecular formula is C26H17BrF2O4. The molecule has 0 aliphatic heterocycles. The van der Waals surface area contributed by atoms with Crippen molar-refractivity contribution < 1.29 is 27.8 Å². The van der Waals surface area contributed by atoms with Gasteiger partial charge in [-0.3, -0.25) is 9.59 Å². The van der Waals surface area contributed by atoms with Crippen LogP contribution in [0, 0.1) is 11.6 Å². The van der Waals surface area contributed by atoms with Crippen molar-refractivity contribution in [3.05, 3.63) is 118 Å². The van der Waals surface area contributed by atoms with Gasteiger partial charge in [-0.2, -0.15) is 0 Å². The maximum atomic E-state index is 13.4. The van der Waals surface area contributed by atoms with Gasteiger partial charge < -0.3 is 9.47 Å². The molecule has 0 aliphatic rings. The highest BCUT2D eigenvalue weighted by molar-refractivity contribution is 9.10. The molecule has 0 N–H and O–H groups in total. The Labute approximate surface area is 197 Å². The lowest BCUT2D eigenvalue weighted by Crippen LogP contribution is -1.90. The summed E-state index contributed by atoms with van der Waals surface area (Å²) in [5.41, 5.74) is 0.755. The second-order valence-corrected chi connectivity index (χ2v) is 7.50. The molecule has 7 heteroatoms. The molecule has 0 amide bonds. The average Bonchev–Trinajstić information content (AvgIpc) is 2.84. The van der Waals surface area contributed by atoms with E-state index in [0.29, 0.717) is 35.2 Å². The number of benzene rings is 4. The molecule has 0 saturated carbocycles. The largest absolute Gasteiger partial charge is 0.454 e. The number of para-hydroxylation sites is 1. The zero-order chi connectivity index (χ0) is 23.6. The number of halogens is 3. The SMILES string of the molecule is O=Cc1ccc(F)c(Oc2ccc(Br)cc2)c1.O=Cc1ccc(F)c(Oc2ccccc2)c1. The van der Waals surface area contributed by atoms with Gasteiger partial charge in [0.25, 0.3) is 0 Å². The maximum Gasteiger partial charge on any atom is 0.165 e. The van der Waals surface area contributed by atoms with Crippen molar-refractivity contribution in [1.82, 2.24) is 0 Å². The van der Waals surface area contributed by atoms with Gasteiger partial charge in [0.05, 0.1) is 0 Å². The number of ether oxygens (including phenoxy) is 2. The van der Waals surface area contributed by atoms with Gasteiger partial charge in [0.2, 0.25) is 0 Å². The summed E-state index contributed by atoms with van der Waals surface area (Å²) in [5.74, 6) is 0.139. The molecule has 4 aromatic rings. The van der Waals surface area contributed by atoms with Crippen molar-refractivity contribution in [3.8, 4) is 23.0 Å². The van der Waals surface area contributed by atoms with E-state index in [1.165, 1.54) is 36.4 Å². The first-order chi connectivity index (χ1) is 16.0. The van der Waals surface area contributed by atoms with Crippen LogP contribution >= 0.6 is 15.9 Å². The van der Waals surface area contributed by atoms with E-state index in [4.69, 9.17) is 9.47 Å². The number of carbonyl (C=O) groups excluding carboxylic acids is 2. The predicted octanol–water partition coefficient (Wildman–Crippen LogP) is 7.62. The van der Waals surface area contributed by atoms with Gasteiger partial charge in [0, 0.05) is 15.6 Å². The summed E-state index contributed by atoms with van der Waals surface area (Å²) < 4.78 is 38.4. The Morgan fingerprint density at radius 2 is 1.06 bits per heavy atom. The zero-order valence-corrected chi connectivity index (χ0v) is 18.7. The smallest absolute Gasteiger partial charge is 0.165 e. The van der Waals surface area contributed by atoms with Gasteiger partial charge in [0.1, 0.15) is 24.1 Å². The molecule has 0 atom stereocenters. The molecule has 0 heterocycles. The first-order valence-electron chi connectivity index (χ1n) is 9.64. The van der Waals surface area contributed by atoms with Crippen molar-refractivity contribution in [3.63, 3.8) is 0 Å². The van der Waals surface area contributed by atoms with E-state index < -0.39 is 11.6 Å². The molecule has 0 bridgehead atoms. The van der Waals surface area contributed by atoms with E-state index in [1.807, 2.05) is 6.07 Å². The minimum atomic E-state index is -0.501. The Kier molecular flexibility index (Phi) is 8.43. The number of aldehydes is 2. The summed E-state index contributed by atoms with van der Waals surface area (Å²) in [4.78, 5) is 21.1. The van der Waals surface area contributed by atoms with Crippen LogP contribution in [-0.4, -0.2) is 12.6 Å². The molecule has 166 valence electrons. The van der Waals surface area contributed by atoms with E-state index in [2.05, 4.69) is 15.9 Å². The highest BCUT2D eigenvalue weighted by Gasteiger charge is 2.07. The molecule has 4 aromatic carbocycles. The van der Waals surface area contributed by atoms with Gasteiger partial charge in [-0.25, -0.2) is 8.78 Å². The Morgan fingerprint density at radius 3 is 1.52 bits per heavy atom. The van der Waals surface area contributed by atoms with E-state index in [-0.39, 0.29) is 11.5 Å². The van der Waals surface area contributed by atoms with Gasteiger partial charge in [0.15, 0.2) is 23.1 Å². The summed E-state index contributed by atoms with van der Waals surface area (Å²) in [6.07, 6.45) is 1.30. The third-order valence-corrected chi connectivity index (χ3v) is 4.72. The summed E-state index contributed by atoms with van der Waals surface area (Å²) in [6, 6.07) is 23.8. The third kappa shape index (κ3) is 7.08. The van der Waals surface area contributed by atoms with E-state index >= 15 is 0 Å². The van der Waals surface area contributed by atoms with Crippen LogP contribution in [0.5, 0.6) is 23.0 Å². The molecule has 0 aliphatic carbocycles. The van der Waals surface area contributed by atoms with Crippen LogP contribution in [0.3, 0.4) is 0 Å². The van der Waals surface area contributed by atoms with Crippen LogP contribution in [0.25, 0.3) is 0 Å². The molecule has 0 fully saturated rings. The summed E-state index contributed by atoms with van der Waals surface area (Å²) >= 11 is 3.29. The molecule has 0 spiro atoms. The van der Waals surface area contributed by atoms with Crippen LogP contribution in [0.1, 0.15) is 20.7 Å². The molecule has 0 aromatic heterocycles. The van der Waals surface area contributed by atoms with Crippen molar-refractivity contribution in [2.75, 3.05) is 0 Å². The van der Waals surface area contributed by atoms with Gasteiger partial charge in [-0.15, -0.1) is 0 Å². The van der Waals surface area contributed by atoms with Crippen molar-refractivity contribution in [2.24, 2.45) is 0 Å². The number of carbonyl (C=O) groups is 2. The molecule has 33 heavy (non-hydrogen) atoms. The first-order valence-corrected chi connectivity index (χ1v) is 10.4. The molecule has 4 nitrogen and oxygen atoms in total. The lowest BCUT2D eigenvalue weighted by atomic mass is 10.2. The average molecular weight is 511 g/mol. The van der Waals surface area contributed by atoms with Crippen LogP contribution in [0.4, 0.5) is 8.78 Å². The van der Waals surface area contributed by atoms with E-state index in [9.17, 15) is 18.4 Å². The summed E-state index contributed by atoms with van der Waals surface area (Å²) in [5, 5.41) is 0. The van der Waals surface area contributed by atoms with Gasteiger partial charge in [-0.1, -0.05) is 34.1 Å². The second kappa shape index (κ2) is 11.7. The van der Waals surface area contributed by atoms with E-state index in [0.717, 1.165) is 4.47 Å². The second-order valence-electron chi connectivity index (χ2n) is 6.59. The van der Waals surface area contributed by atoms with Gasteiger partial charge >= 0.3 is 0 Å². The predicted molar refractivity (Wildman–Crippen MR) is 124 cm³/mol. The number of hydrogen-bond donors (Lipinski definition) is 0. The van der Waals surface area contributed by atoms with Crippen molar-refractivity contribution in [1.29, 1.82) is 0 Å². The topological polar surface area (TPSA) is 52.6 Å². The lowest BCUT2D eigenvalue weighted by molar-refractivity contribution is 0.111. The fraction of sp³-hybridized carbons (Fsp3) is 0. The molecule has 0 radical (unpaired) electrons. The highest BCUT2D eigenvalue weighted by Crippen LogP contribution is 2.26. The van der Waals surface area contributed by atoms with Crippen LogP contribution in [0.2, 0.25) is 0 Å². The minimum Gasteiger partial charge on any atom is -0.454 e. The van der Waals surface area contributed by atoms with Crippen molar-refractivity contribution >= 4 is 28.5 Å². The van der Waals surface area contributed by atoms with Crippen molar-refractivity contribution in [2.45, 2.75) is 0 Å². The Morgan fingerprint density at radius 1 is 0.606 bits per heavy atom. The molecule has 4 rings (SSSR count). The Bertz CT molecular complexity index is 1230. The maximum absolute atomic E-state index is 13.4. The Hall–Kier alpha value is -3.84. The molecular weight excluding hydrogens is 494 g/mol. The van der Waals surface area contributed by atoms with Crippen LogP contribution in [-0.2, 0) is 0 Å². The fourth-order valence-corrected chi connectivity index (χ4v) is 2.85. The quantitative estimate of drug-likeness (QED) is 0.250. The van der Waals surface area contributed by atoms with Gasteiger partial charge in [-0.05, 0) is 72.8 Å². The Balaban J connectivity index is 0.000000186. The van der Waals surface area contributed by atoms with Crippen LogP contribution in [0.15, 0.2) is 95.5 Å². The monoisotopic (exact) mass is 510 g/mol. The normalized spacial score (nSPS) is 9.91. The molecule has 0 unspecified atom stereocenters. The highest BCUT2D eigenvalue weighted by atomic mass is 79.9. The first kappa shape index (κ1) is 23.8. The number of rotatable bonds is 6. The summed E-state index contributed by atoms with van der Waals surface area (Å²) in [7, 11) is 0. The standard InChI is InChI=1S/C13H8BrFO2.C13H9FO2/c14-10-2-4-11(5-3-10)17-13-7-9(8-16)1-6-12(13)15;14-12-7-6-10(9-15)8-13(12)16-11-4-2-1-3-5-11/h1-8H;1-9H. The van der Waals surface area contributed by atoms with Crippen LogP contribution < -0.4 is 9.47 Å². The number of hydrogen-bond acceptors (Lipinski definition) is 4. The fourth-order valence-electron chi connectivity index (χ4n) is 2.59. The molecule has 0 saturated heterocycles. The van der Waals surface area contributed by atoms with E-state index in [1.54, 1.807) is 48.5 Å². The zero-order valence-electron chi connectivity index (χ0n) is 17.1. The third-order valence-electron chi connectivity index (χ3n) is 4.20. The summed E-state index contributed by atoms with van der Waals surface area (Å²) in [6.45, 7) is 0. The lowest BCUT2D eigenvalue weighted by Gasteiger charge is -2.07.